The van der Waals surface area contributed by atoms with Crippen LogP contribution in [0.2, 0.25) is 5.02 Å². The second kappa shape index (κ2) is 6.14. The first-order valence-corrected chi connectivity index (χ1v) is 5.21. The summed E-state index contributed by atoms with van der Waals surface area (Å²) in [6.07, 6.45) is 5.09. The summed E-state index contributed by atoms with van der Waals surface area (Å²) in [4.78, 5) is 11.2. The standard InChI is InChI=1S/C12H12ClNO3/c1-3-7-14-11(12(15)16)10-8(13)5-4-6-9(10)17-2/h1,4-6,11,14H,7H2,2H3,(H,15,16). The molecule has 0 saturated carbocycles. The van der Waals surface area contributed by atoms with Crippen molar-refractivity contribution in [3.63, 3.8) is 0 Å². The number of hydrogen-bond donors (Lipinski definition) is 2. The number of rotatable bonds is 5. The maximum absolute atomic E-state index is 11.2. The number of hydrogen-bond acceptors (Lipinski definition) is 3. The Kier molecular flexibility index (Phi) is 4.83. The monoisotopic (exact) mass is 253 g/mol. The Hall–Kier alpha value is -1.70. The van der Waals surface area contributed by atoms with Gasteiger partial charge in [-0.3, -0.25) is 10.1 Å². The highest BCUT2D eigenvalue weighted by molar-refractivity contribution is 6.31. The summed E-state index contributed by atoms with van der Waals surface area (Å²) in [5.74, 6) is 1.67. The fourth-order valence-electron chi connectivity index (χ4n) is 1.45. The summed E-state index contributed by atoms with van der Waals surface area (Å²) in [6.45, 7) is 0.130. The van der Waals surface area contributed by atoms with Gasteiger partial charge in [-0.05, 0) is 12.1 Å². The van der Waals surface area contributed by atoms with Gasteiger partial charge in [0.1, 0.15) is 11.8 Å². The molecule has 1 aromatic carbocycles. The third-order valence-corrected chi connectivity index (χ3v) is 2.51. The number of aliphatic carboxylic acids is 1. The van der Waals surface area contributed by atoms with Gasteiger partial charge in [0, 0.05) is 10.6 Å². The molecular weight excluding hydrogens is 242 g/mol. The van der Waals surface area contributed by atoms with Crippen LogP contribution in [0.5, 0.6) is 5.75 Å². The Morgan fingerprint density at radius 1 is 1.71 bits per heavy atom. The molecule has 0 aromatic heterocycles. The molecule has 0 spiro atoms. The number of carboxylic acids is 1. The van der Waals surface area contributed by atoms with Gasteiger partial charge in [-0.25, -0.2) is 0 Å². The third-order valence-electron chi connectivity index (χ3n) is 2.18. The normalized spacial score (nSPS) is 11.6. The van der Waals surface area contributed by atoms with Crippen LogP contribution < -0.4 is 10.1 Å². The van der Waals surface area contributed by atoms with E-state index in [1.807, 2.05) is 0 Å². The van der Waals surface area contributed by atoms with Gasteiger partial charge in [0.15, 0.2) is 0 Å². The largest absolute Gasteiger partial charge is 0.496 e. The van der Waals surface area contributed by atoms with Crippen LogP contribution in [-0.2, 0) is 4.79 Å². The Bertz CT molecular complexity index is 454. The molecule has 2 N–H and O–H groups in total. The number of benzene rings is 1. The van der Waals surface area contributed by atoms with Crippen LogP contribution in [0.4, 0.5) is 0 Å². The fraction of sp³-hybridized carbons (Fsp3) is 0.250. The van der Waals surface area contributed by atoms with Crippen molar-refractivity contribution in [3.8, 4) is 18.1 Å². The fourth-order valence-corrected chi connectivity index (χ4v) is 1.72. The van der Waals surface area contributed by atoms with Gasteiger partial charge in [-0.1, -0.05) is 23.6 Å². The van der Waals surface area contributed by atoms with E-state index < -0.39 is 12.0 Å². The molecule has 0 bridgehead atoms. The van der Waals surface area contributed by atoms with Gasteiger partial charge in [0.25, 0.3) is 0 Å². The van der Waals surface area contributed by atoms with Crippen molar-refractivity contribution in [2.45, 2.75) is 6.04 Å². The molecule has 1 aromatic rings. The summed E-state index contributed by atoms with van der Waals surface area (Å²) in [5, 5.41) is 12.2. The zero-order valence-electron chi connectivity index (χ0n) is 9.24. The zero-order chi connectivity index (χ0) is 12.8. The molecule has 1 unspecified atom stereocenters. The van der Waals surface area contributed by atoms with Crippen molar-refractivity contribution in [1.29, 1.82) is 0 Å². The van der Waals surface area contributed by atoms with E-state index in [2.05, 4.69) is 11.2 Å². The first kappa shape index (κ1) is 13.4. The zero-order valence-corrected chi connectivity index (χ0v) is 9.99. The Balaban J connectivity index is 3.17. The number of methoxy groups -OCH3 is 1. The molecule has 17 heavy (non-hydrogen) atoms. The highest BCUT2D eigenvalue weighted by Crippen LogP contribution is 2.32. The van der Waals surface area contributed by atoms with Gasteiger partial charge in [-0.15, -0.1) is 6.42 Å². The van der Waals surface area contributed by atoms with Crippen molar-refractivity contribution in [1.82, 2.24) is 5.32 Å². The molecule has 5 heteroatoms. The van der Waals surface area contributed by atoms with Crippen LogP contribution in [0.3, 0.4) is 0 Å². The molecular formula is C12H12ClNO3. The molecule has 4 nitrogen and oxygen atoms in total. The van der Waals surface area contributed by atoms with Crippen LogP contribution in [0.15, 0.2) is 18.2 Å². The van der Waals surface area contributed by atoms with Gasteiger partial charge < -0.3 is 9.84 Å². The van der Waals surface area contributed by atoms with Crippen LogP contribution in [0, 0.1) is 12.3 Å². The van der Waals surface area contributed by atoms with E-state index in [1.54, 1.807) is 18.2 Å². The number of ether oxygens (including phenoxy) is 1. The van der Waals surface area contributed by atoms with Crippen molar-refractivity contribution in [3.05, 3.63) is 28.8 Å². The van der Waals surface area contributed by atoms with E-state index in [0.717, 1.165) is 0 Å². The van der Waals surface area contributed by atoms with Crippen molar-refractivity contribution >= 4 is 17.6 Å². The number of nitrogens with one attached hydrogen (secondary N) is 1. The van der Waals surface area contributed by atoms with Crippen molar-refractivity contribution < 1.29 is 14.6 Å². The number of terminal acetylenes is 1. The SMILES string of the molecule is C#CCNC(C(=O)O)c1c(Cl)cccc1OC. The van der Waals surface area contributed by atoms with Gasteiger partial charge in [0.05, 0.1) is 13.7 Å². The Morgan fingerprint density at radius 2 is 2.41 bits per heavy atom. The molecule has 0 heterocycles. The molecule has 0 radical (unpaired) electrons. The summed E-state index contributed by atoms with van der Waals surface area (Å²) < 4.78 is 5.10. The molecule has 0 aliphatic carbocycles. The topological polar surface area (TPSA) is 58.6 Å². The van der Waals surface area contributed by atoms with Crippen molar-refractivity contribution in [2.75, 3.05) is 13.7 Å². The van der Waals surface area contributed by atoms with E-state index in [9.17, 15) is 4.79 Å². The lowest BCUT2D eigenvalue weighted by molar-refractivity contribution is -0.139. The highest BCUT2D eigenvalue weighted by atomic mass is 35.5. The number of carbonyl (C=O) groups is 1. The Labute approximate surface area is 105 Å². The second-order valence-corrected chi connectivity index (χ2v) is 3.62. The summed E-state index contributed by atoms with van der Waals surface area (Å²) in [7, 11) is 1.45. The van der Waals surface area contributed by atoms with Gasteiger partial charge >= 0.3 is 5.97 Å². The summed E-state index contributed by atoms with van der Waals surface area (Å²) in [6, 6.07) is 3.95. The predicted molar refractivity (Wildman–Crippen MR) is 65.2 cm³/mol. The van der Waals surface area contributed by atoms with E-state index in [4.69, 9.17) is 27.9 Å². The van der Waals surface area contributed by atoms with Gasteiger partial charge in [0.2, 0.25) is 0 Å². The average Bonchev–Trinajstić information content (AvgIpc) is 2.30. The summed E-state index contributed by atoms with van der Waals surface area (Å²) >= 11 is 5.99. The number of halogens is 1. The average molecular weight is 254 g/mol. The Morgan fingerprint density at radius 3 is 2.94 bits per heavy atom. The van der Waals surface area contributed by atoms with Crippen LogP contribution >= 0.6 is 11.6 Å². The van der Waals surface area contributed by atoms with Gasteiger partial charge in [-0.2, -0.15) is 0 Å². The van der Waals surface area contributed by atoms with E-state index >= 15 is 0 Å². The third kappa shape index (κ3) is 3.13. The second-order valence-electron chi connectivity index (χ2n) is 3.21. The van der Waals surface area contributed by atoms with Crippen LogP contribution in [0.1, 0.15) is 11.6 Å². The first-order chi connectivity index (χ1) is 8.11. The molecule has 90 valence electrons. The lowest BCUT2D eigenvalue weighted by Crippen LogP contribution is -2.29. The minimum atomic E-state index is -1.06. The van der Waals surface area contributed by atoms with E-state index in [1.165, 1.54) is 7.11 Å². The predicted octanol–water partition coefficient (Wildman–Crippen LogP) is 1.70. The quantitative estimate of drug-likeness (QED) is 0.785. The molecule has 1 atom stereocenters. The molecule has 0 aliphatic heterocycles. The first-order valence-electron chi connectivity index (χ1n) is 4.83. The van der Waals surface area contributed by atoms with E-state index in [0.29, 0.717) is 16.3 Å². The highest BCUT2D eigenvalue weighted by Gasteiger charge is 2.25. The lowest BCUT2D eigenvalue weighted by Gasteiger charge is -2.17. The molecule has 0 aliphatic rings. The van der Waals surface area contributed by atoms with E-state index in [-0.39, 0.29) is 6.54 Å². The maximum Gasteiger partial charge on any atom is 0.325 e. The van der Waals surface area contributed by atoms with Crippen LogP contribution in [-0.4, -0.2) is 24.7 Å². The smallest absolute Gasteiger partial charge is 0.325 e. The number of carboxylic acid groups (broad SMARTS) is 1. The van der Waals surface area contributed by atoms with Crippen LogP contribution in [0.25, 0.3) is 0 Å². The maximum atomic E-state index is 11.2. The molecule has 0 fully saturated rings. The molecule has 0 saturated heterocycles. The lowest BCUT2D eigenvalue weighted by atomic mass is 10.1. The molecule has 1 rings (SSSR count). The van der Waals surface area contributed by atoms with Crippen molar-refractivity contribution in [2.24, 2.45) is 0 Å². The molecule has 0 amide bonds. The summed E-state index contributed by atoms with van der Waals surface area (Å²) in [5.41, 5.74) is 0.374. The minimum Gasteiger partial charge on any atom is -0.496 e. The minimum absolute atomic E-state index is 0.130.